The molecule has 0 saturated carbocycles. The van der Waals surface area contributed by atoms with Gasteiger partial charge >= 0.3 is 0 Å². The molecule has 0 aromatic carbocycles. The molecule has 0 unspecified atom stereocenters. The van der Waals surface area contributed by atoms with Crippen LogP contribution in [-0.4, -0.2) is 16.2 Å². The number of aromatic nitrogens is 2. The molecule has 8 heavy (non-hydrogen) atoms. The predicted octanol–water partition coefficient (Wildman–Crippen LogP) is 0.913. The molecule has 1 aromatic heterocycles. The Morgan fingerprint density at radius 3 is 3.25 bits per heavy atom. The molecule has 5 heteroatoms. The van der Waals surface area contributed by atoms with E-state index in [4.69, 9.17) is 5.41 Å². The summed E-state index contributed by atoms with van der Waals surface area (Å²) in [7, 11) is 0. The lowest BCUT2D eigenvalue weighted by atomic mass is 11.2. The van der Waals surface area contributed by atoms with Gasteiger partial charge in [-0.1, -0.05) is 0 Å². The van der Waals surface area contributed by atoms with E-state index in [0.29, 0.717) is 5.13 Å². The van der Waals surface area contributed by atoms with Crippen LogP contribution in [0.3, 0.4) is 0 Å². The van der Waals surface area contributed by atoms with Crippen LogP contribution in [0.4, 0.5) is 5.13 Å². The SMILES string of the molecule is [N-]=C=Nc1nncs1. The van der Waals surface area contributed by atoms with Crippen molar-refractivity contribution in [1.29, 1.82) is 0 Å². The molecule has 0 atom stereocenters. The standard InChI is InChI=1S/C3HN4S/c4-1-5-3-7-6-2-8-3/h2H/q-1. The molecule has 0 N–H and O–H groups in total. The minimum absolute atomic E-state index is 0.410. The Bertz CT molecular complexity index is 197. The van der Waals surface area contributed by atoms with Crippen molar-refractivity contribution in [2.45, 2.75) is 0 Å². The highest BCUT2D eigenvalue weighted by atomic mass is 32.1. The minimum Gasteiger partial charge on any atom is -0.422 e. The van der Waals surface area contributed by atoms with Gasteiger partial charge in [-0.3, -0.25) is 0 Å². The third-order valence-electron chi connectivity index (χ3n) is 0.494. The van der Waals surface area contributed by atoms with E-state index in [1.54, 1.807) is 6.01 Å². The largest absolute Gasteiger partial charge is 0.422 e. The summed E-state index contributed by atoms with van der Waals surface area (Å²) in [4.78, 5) is 3.32. The van der Waals surface area contributed by atoms with Crippen LogP contribution in [0.15, 0.2) is 10.5 Å². The Hall–Kier alpha value is -1.06. The van der Waals surface area contributed by atoms with Crippen LogP contribution in [0.2, 0.25) is 0 Å². The number of rotatable bonds is 1. The molecule has 0 radical (unpaired) electrons. The van der Waals surface area contributed by atoms with Crippen LogP contribution >= 0.6 is 11.3 Å². The molecule has 4 nitrogen and oxygen atoms in total. The van der Waals surface area contributed by atoms with Crippen molar-refractivity contribution in [3.05, 3.63) is 10.9 Å². The summed E-state index contributed by atoms with van der Waals surface area (Å²) < 4.78 is 0. The van der Waals surface area contributed by atoms with Crippen LogP contribution < -0.4 is 0 Å². The van der Waals surface area contributed by atoms with Gasteiger partial charge in [0.05, 0.1) is 0 Å². The zero-order valence-electron chi connectivity index (χ0n) is 3.77. The number of hydrogen-bond acceptors (Lipinski definition) is 4. The number of nitrogens with zero attached hydrogens (tertiary/aromatic N) is 4. The molecule has 1 aromatic rings. The van der Waals surface area contributed by atoms with E-state index >= 15 is 0 Å². The average molecular weight is 125 g/mol. The highest BCUT2D eigenvalue weighted by Crippen LogP contribution is 2.10. The third kappa shape index (κ3) is 0.959. The third-order valence-corrected chi connectivity index (χ3v) is 1.08. The van der Waals surface area contributed by atoms with Crippen molar-refractivity contribution in [3.63, 3.8) is 0 Å². The monoisotopic (exact) mass is 125 g/mol. The van der Waals surface area contributed by atoms with E-state index in [0.717, 1.165) is 0 Å². The summed E-state index contributed by atoms with van der Waals surface area (Å²) >= 11 is 1.24. The molecule has 0 aliphatic heterocycles. The smallest absolute Gasteiger partial charge is 0.136 e. The lowest BCUT2D eigenvalue weighted by Gasteiger charge is -1.79. The predicted molar refractivity (Wildman–Crippen MR) is 30.4 cm³/mol. The first kappa shape index (κ1) is 5.08. The van der Waals surface area contributed by atoms with Gasteiger partial charge in [-0.15, -0.1) is 27.5 Å². The fourth-order valence-corrected chi connectivity index (χ4v) is 0.635. The molecular weight excluding hydrogens is 124 g/mol. The van der Waals surface area contributed by atoms with Gasteiger partial charge in [0, 0.05) is 0 Å². The van der Waals surface area contributed by atoms with E-state index in [1.807, 2.05) is 0 Å². The highest BCUT2D eigenvalue weighted by molar-refractivity contribution is 7.13. The first-order chi connectivity index (χ1) is 3.93. The molecule has 0 amide bonds. The van der Waals surface area contributed by atoms with Crippen LogP contribution in [-0.2, 0) is 0 Å². The van der Waals surface area contributed by atoms with E-state index < -0.39 is 0 Å². The lowest BCUT2D eigenvalue weighted by Crippen LogP contribution is -1.60. The Morgan fingerprint density at radius 2 is 2.75 bits per heavy atom. The van der Waals surface area contributed by atoms with Crippen molar-refractivity contribution < 1.29 is 0 Å². The van der Waals surface area contributed by atoms with Crippen LogP contribution in [0, 0.1) is 0 Å². The molecule has 0 bridgehead atoms. The zero-order chi connectivity index (χ0) is 5.82. The molecule has 1 heterocycles. The van der Waals surface area contributed by atoms with Gasteiger partial charge in [0.1, 0.15) is 10.6 Å². The second kappa shape index (κ2) is 2.30. The van der Waals surface area contributed by atoms with Crippen LogP contribution in [0.1, 0.15) is 0 Å². The van der Waals surface area contributed by atoms with Gasteiger partial charge in [-0.25, -0.2) is 0 Å². The molecule has 0 aliphatic rings. The van der Waals surface area contributed by atoms with Crippen molar-refractivity contribution in [2.75, 3.05) is 0 Å². The van der Waals surface area contributed by atoms with Crippen molar-refractivity contribution in [1.82, 2.24) is 10.2 Å². The normalized spacial score (nSPS) is 8.00. The van der Waals surface area contributed by atoms with Crippen molar-refractivity contribution >= 4 is 22.5 Å². The number of hydrogen-bond donors (Lipinski definition) is 0. The summed E-state index contributed by atoms with van der Waals surface area (Å²) in [5.74, 6) is 0. The highest BCUT2D eigenvalue weighted by Gasteiger charge is 1.78. The minimum atomic E-state index is 0.410. The van der Waals surface area contributed by atoms with Crippen molar-refractivity contribution in [3.8, 4) is 0 Å². The van der Waals surface area contributed by atoms with E-state index in [1.165, 1.54) is 16.8 Å². The van der Waals surface area contributed by atoms with Gasteiger partial charge in [0.2, 0.25) is 0 Å². The Labute approximate surface area is 49.4 Å². The van der Waals surface area contributed by atoms with Crippen molar-refractivity contribution in [2.24, 2.45) is 4.99 Å². The Balaban J connectivity index is 2.93. The first-order valence-corrected chi connectivity index (χ1v) is 2.67. The average Bonchev–Trinajstić information content (AvgIpc) is 2.19. The van der Waals surface area contributed by atoms with Crippen LogP contribution in [0.5, 0.6) is 0 Å². The fourth-order valence-electron chi connectivity index (χ4n) is 0.259. The summed E-state index contributed by atoms with van der Waals surface area (Å²) in [6.07, 6.45) is 0. The molecule has 40 valence electrons. The molecule has 1 rings (SSSR count). The Kier molecular flexibility index (Phi) is 1.46. The molecule has 0 aliphatic carbocycles. The van der Waals surface area contributed by atoms with Gasteiger partial charge in [-0.2, -0.15) is 0 Å². The zero-order valence-corrected chi connectivity index (χ0v) is 4.59. The molecule has 0 spiro atoms. The van der Waals surface area contributed by atoms with E-state index in [9.17, 15) is 0 Å². The maximum atomic E-state index is 7.96. The first-order valence-electron chi connectivity index (χ1n) is 1.79. The summed E-state index contributed by atoms with van der Waals surface area (Å²) in [6.45, 7) is 0. The lowest BCUT2D eigenvalue weighted by molar-refractivity contribution is 1.08. The molecule has 0 fully saturated rings. The summed E-state index contributed by atoms with van der Waals surface area (Å²) in [5, 5.41) is 15.3. The number of aliphatic imine (C=N–C) groups is 1. The van der Waals surface area contributed by atoms with E-state index in [-0.39, 0.29) is 0 Å². The van der Waals surface area contributed by atoms with Gasteiger partial charge in [-0.05, 0) is 0 Å². The Morgan fingerprint density at radius 1 is 1.88 bits per heavy atom. The second-order valence-corrected chi connectivity index (χ2v) is 1.74. The summed E-state index contributed by atoms with van der Waals surface area (Å²) in [5.41, 5.74) is 1.52. The van der Waals surface area contributed by atoms with Gasteiger partial charge in [0.15, 0.2) is 0 Å². The van der Waals surface area contributed by atoms with E-state index in [2.05, 4.69) is 15.2 Å². The van der Waals surface area contributed by atoms with Gasteiger partial charge < -0.3 is 10.4 Å². The quantitative estimate of drug-likeness (QED) is 0.524. The maximum absolute atomic E-state index is 7.96. The topological polar surface area (TPSA) is 60.4 Å². The van der Waals surface area contributed by atoms with Gasteiger partial charge in [0.25, 0.3) is 0 Å². The second-order valence-electron chi connectivity index (χ2n) is 0.933. The molecule has 0 saturated heterocycles. The van der Waals surface area contributed by atoms with Crippen LogP contribution in [0.25, 0.3) is 5.41 Å². The summed E-state index contributed by atoms with van der Waals surface area (Å²) in [6, 6.07) is 1.60. The fraction of sp³-hybridized carbons (Fsp3) is 0. The maximum Gasteiger partial charge on any atom is 0.136 e. The molecular formula is C3HN4S-.